The quantitative estimate of drug-likeness (QED) is 0.488. The SMILES string of the molecule is CN(CCCOc1cccc(S(C)(=O)=O)c1)C(=O)C1CCN(S(=O)(=O)c2cccnc2)CC1. The molecule has 33 heavy (non-hydrogen) atoms. The Balaban J connectivity index is 1.44. The molecule has 1 amide bonds. The lowest BCUT2D eigenvalue weighted by atomic mass is 9.96. The zero-order valence-corrected chi connectivity index (χ0v) is 20.4. The molecule has 11 heteroatoms. The van der Waals surface area contributed by atoms with Gasteiger partial charge >= 0.3 is 0 Å². The average molecular weight is 496 g/mol. The molecule has 0 atom stereocenters. The molecule has 2 heterocycles. The molecule has 2 aromatic rings. The first kappa shape index (κ1) is 25.1. The number of sulfonamides is 1. The Morgan fingerprint density at radius 3 is 2.45 bits per heavy atom. The zero-order chi connectivity index (χ0) is 24.1. The molecule has 1 saturated heterocycles. The number of carbonyl (C=O) groups is 1. The van der Waals surface area contributed by atoms with Gasteiger partial charge in [0.15, 0.2) is 9.84 Å². The summed E-state index contributed by atoms with van der Waals surface area (Å²) in [6, 6.07) is 9.43. The van der Waals surface area contributed by atoms with Crippen LogP contribution in [0.4, 0.5) is 0 Å². The fourth-order valence-electron chi connectivity index (χ4n) is 3.70. The normalized spacial score (nSPS) is 15.8. The second-order valence-electron chi connectivity index (χ2n) is 8.08. The van der Waals surface area contributed by atoms with Gasteiger partial charge in [-0.1, -0.05) is 6.07 Å². The molecule has 0 spiro atoms. The molecule has 1 fully saturated rings. The molecule has 0 saturated carbocycles. The van der Waals surface area contributed by atoms with Crippen LogP contribution in [0.5, 0.6) is 5.75 Å². The average Bonchev–Trinajstić information content (AvgIpc) is 2.81. The second kappa shape index (κ2) is 10.6. The topological polar surface area (TPSA) is 114 Å². The second-order valence-corrected chi connectivity index (χ2v) is 12.0. The molecule has 0 unspecified atom stereocenters. The highest BCUT2D eigenvalue weighted by Crippen LogP contribution is 2.24. The van der Waals surface area contributed by atoms with Crippen molar-refractivity contribution in [3.05, 3.63) is 48.8 Å². The number of hydrogen-bond donors (Lipinski definition) is 0. The molecule has 1 aliphatic rings. The van der Waals surface area contributed by atoms with Gasteiger partial charge < -0.3 is 9.64 Å². The molecule has 3 rings (SSSR count). The largest absolute Gasteiger partial charge is 0.493 e. The van der Waals surface area contributed by atoms with Crippen LogP contribution in [-0.4, -0.2) is 76.5 Å². The third kappa shape index (κ3) is 6.52. The number of benzene rings is 1. The minimum Gasteiger partial charge on any atom is -0.493 e. The summed E-state index contributed by atoms with van der Waals surface area (Å²) in [5, 5.41) is 0. The number of ether oxygens (including phenoxy) is 1. The van der Waals surface area contributed by atoms with Crippen LogP contribution in [0.15, 0.2) is 58.6 Å². The van der Waals surface area contributed by atoms with Gasteiger partial charge in [-0.15, -0.1) is 0 Å². The first-order valence-corrected chi connectivity index (χ1v) is 14.0. The van der Waals surface area contributed by atoms with Crippen molar-refractivity contribution < 1.29 is 26.4 Å². The summed E-state index contributed by atoms with van der Waals surface area (Å²) in [5.41, 5.74) is 0. The smallest absolute Gasteiger partial charge is 0.244 e. The number of sulfone groups is 1. The fourth-order valence-corrected chi connectivity index (χ4v) is 5.79. The van der Waals surface area contributed by atoms with Crippen LogP contribution in [0.25, 0.3) is 0 Å². The lowest BCUT2D eigenvalue weighted by molar-refractivity contribution is -0.135. The van der Waals surface area contributed by atoms with E-state index in [4.69, 9.17) is 4.74 Å². The highest BCUT2D eigenvalue weighted by Gasteiger charge is 2.33. The maximum Gasteiger partial charge on any atom is 0.244 e. The number of nitrogens with zero attached hydrogens (tertiary/aromatic N) is 3. The van der Waals surface area contributed by atoms with Gasteiger partial charge in [0.1, 0.15) is 10.6 Å². The first-order valence-electron chi connectivity index (χ1n) is 10.7. The van der Waals surface area contributed by atoms with Crippen molar-refractivity contribution in [2.75, 3.05) is 39.5 Å². The van der Waals surface area contributed by atoms with Gasteiger partial charge in [0, 0.05) is 51.2 Å². The first-order chi connectivity index (χ1) is 15.6. The number of carbonyl (C=O) groups excluding carboxylic acids is 1. The van der Waals surface area contributed by atoms with Crippen LogP contribution >= 0.6 is 0 Å². The summed E-state index contributed by atoms with van der Waals surface area (Å²) in [4.78, 5) is 18.7. The molecule has 1 aromatic carbocycles. The summed E-state index contributed by atoms with van der Waals surface area (Å²) in [7, 11) is -5.17. The van der Waals surface area contributed by atoms with E-state index in [0.717, 1.165) is 6.26 Å². The lowest BCUT2D eigenvalue weighted by Crippen LogP contribution is -2.43. The van der Waals surface area contributed by atoms with Crippen LogP contribution in [0, 0.1) is 5.92 Å². The minimum absolute atomic E-state index is 0.00694. The van der Waals surface area contributed by atoms with Crippen molar-refractivity contribution in [2.24, 2.45) is 5.92 Å². The molecular formula is C22H29N3O6S2. The van der Waals surface area contributed by atoms with E-state index in [1.165, 1.54) is 34.9 Å². The predicted octanol–water partition coefficient (Wildman–Crippen LogP) is 1.81. The van der Waals surface area contributed by atoms with Crippen molar-refractivity contribution in [1.82, 2.24) is 14.2 Å². The molecule has 0 N–H and O–H groups in total. The summed E-state index contributed by atoms with van der Waals surface area (Å²) in [6.45, 7) is 1.41. The van der Waals surface area contributed by atoms with E-state index in [1.54, 1.807) is 30.1 Å². The number of piperidine rings is 1. The Bertz CT molecular complexity index is 1160. The van der Waals surface area contributed by atoms with E-state index >= 15 is 0 Å². The summed E-state index contributed by atoms with van der Waals surface area (Å²) in [5.74, 6) is 0.240. The van der Waals surface area contributed by atoms with Gasteiger partial charge in [-0.05, 0) is 49.6 Å². The van der Waals surface area contributed by atoms with Crippen molar-refractivity contribution in [3.8, 4) is 5.75 Å². The van der Waals surface area contributed by atoms with Crippen LogP contribution in [-0.2, 0) is 24.7 Å². The number of rotatable bonds is 9. The summed E-state index contributed by atoms with van der Waals surface area (Å²) >= 11 is 0. The number of pyridine rings is 1. The number of hydrogen-bond acceptors (Lipinski definition) is 7. The van der Waals surface area contributed by atoms with E-state index in [0.29, 0.717) is 51.3 Å². The lowest BCUT2D eigenvalue weighted by Gasteiger charge is -2.32. The van der Waals surface area contributed by atoms with Gasteiger partial charge in [0.2, 0.25) is 15.9 Å². The predicted molar refractivity (Wildman–Crippen MR) is 123 cm³/mol. The Morgan fingerprint density at radius 2 is 1.82 bits per heavy atom. The summed E-state index contributed by atoms with van der Waals surface area (Å²) < 4.78 is 55.7. The van der Waals surface area contributed by atoms with Crippen LogP contribution in [0.3, 0.4) is 0 Å². The third-order valence-corrected chi connectivity index (χ3v) is 8.58. The standard InChI is InChI=1S/C22H29N3O6S2/c1-24(12-5-15-31-19-6-3-7-20(16-19)32(2,27)28)22(26)18-9-13-25(14-10-18)33(29,30)21-8-4-11-23-17-21/h3-4,6-8,11,16-18H,5,9-10,12-15H2,1-2H3. The molecule has 1 aliphatic heterocycles. The zero-order valence-electron chi connectivity index (χ0n) is 18.8. The van der Waals surface area contributed by atoms with Crippen molar-refractivity contribution in [3.63, 3.8) is 0 Å². The van der Waals surface area contributed by atoms with Crippen LogP contribution in [0.2, 0.25) is 0 Å². The number of aromatic nitrogens is 1. The van der Waals surface area contributed by atoms with Crippen molar-refractivity contribution in [1.29, 1.82) is 0 Å². The minimum atomic E-state index is -3.60. The Morgan fingerprint density at radius 1 is 1.12 bits per heavy atom. The van der Waals surface area contributed by atoms with E-state index in [1.807, 2.05) is 0 Å². The molecule has 0 aliphatic carbocycles. The monoisotopic (exact) mass is 495 g/mol. The third-order valence-electron chi connectivity index (χ3n) is 5.59. The Kier molecular flexibility index (Phi) is 8.09. The fraction of sp³-hybridized carbons (Fsp3) is 0.455. The molecule has 180 valence electrons. The Labute approximate surface area is 195 Å². The highest BCUT2D eigenvalue weighted by molar-refractivity contribution is 7.90. The van der Waals surface area contributed by atoms with Crippen molar-refractivity contribution >= 4 is 25.8 Å². The van der Waals surface area contributed by atoms with Gasteiger partial charge in [-0.3, -0.25) is 9.78 Å². The van der Waals surface area contributed by atoms with E-state index in [9.17, 15) is 21.6 Å². The maximum atomic E-state index is 12.8. The molecule has 0 radical (unpaired) electrons. The van der Waals surface area contributed by atoms with Crippen LogP contribution in [0.1, 0.15) is 19.3 Å². The van der Waals surface area contributed by atoms with E-state index in [2.05, 4.69) is 4.98 Å². The molecule has 0 bridgehead atoms. The highest BCUT2D eigenvalue weighted by atomic mass is 32.2. The van der Waals surface area contributed by atoms with Crippen molar-refractivity contribution in [2.45, 2.75) is 29.1 Å². The van der Waals surface area contributed by atoms with E-state index in [-0.39, 0.29) is 21.6 Å². The van der Waals surface area contributed by atoms with Crippen LogP contribution < -0.4 is 4.74 Å². The van der Waals surface area contributed by atoms with Gasteiger partial charge in [-0.2, -0.15) is 4.31 Å². The van der Waals surface area contributed by atoms with Gasteiger partial charge in [-0.25, -0.2) is 16.8 Å². The van der Waals surface area contributed by atoms with Gasteiger partial charge in [0.05, 0.1) is 11.5 Å². The molecule has 1 aromatic heterocycles. The number of amides is 1. The summed E-state index contributed by atoms with van der Waals surface area (Å²) in [6.07, 6.45) is 5.53. The molecular weight excluding hydrogens is 466 g/mol. The van der Waals surface area contributed by atoms with Gasteiger partial charge in [0.25, 0.3) is 0 Å². The maximum absolute atomic E-state index is 12.8. The molecule has 9 nitrogen and oxygen atoms in total. The van der Waals surface area contributed by atoms with E-state index < -0.39 is 19.9 Å². The Hall–Kier alpha value is -2.50.